The minimum atomic E-state index is -0.503. The zero-order valence-corrected chi connectivity index (χ0v) is 17.0. The monoisotopic (exact) mass is 382 g/mol. The van der Waals surface area contributed by atoms with Crippen molar-refractivity contribution in [2.24, 2.45) is 0 Å². The summed E-state index contributed by atoms with van der Waals surface area (Å²) in [7, 11) is 0. The number of amides is 2. The molecule has 2 aromatic carbocycles. The summed E-state index contributed by atoms with van der Waals surface area (Å²) in [6, 6.07) is 17.1. The summed E-state index contributed by atoms with van der Waals surface area (Å²) in [4.78, 5) is 27.1. The first-order chi connectivity index (χ1) is 13.5. The van der Waals surface area contributed by atoms with Crippen LogP contribution in [0.15, 0.2) is 54.6 Å². The van der Waals surface area contributed by atoms with E-state index in [1.54, 1.807) is 4.90 Å². The van der Waals surface area contributed by atoms with E-state index in [1.807, 2.05) is 75.4 Å². The van der Waals surface area contributed by atoms with Gasteiger partial charge in [0.2, 0.25) is 5.91 Å². The van der Waals surface area contributed by atoms with Crippen LogP contribution in [-0.2, 0) is 16.0 Å². The number of carbonyl (C=O) groups excluding carboxylic acids is 2. The molecule has 5 heteroatoms. The number of carbonyl (C=O) groups is 2. The number of nitrogens with one attached hydrogen (secondary N) is 1. The highest BCUT2D eigenvalue weighted by Gasteiger charge is 2.28. The molecule has 0 spiro atoms. The molecule has 28 heavy (non-hydrogen) atoms. The molecule has 0 saturated heterocycles. The standard InChI is InChI=1S/C23H30N2O3/c1-4-21(23(27)24-5-2)25(15-14-19-11-7-6-8-12-19)22(26)17-28-20-13-9-10-18(3)16-20/h6-13,16,21H,4-5,14-15,17H2,1-3H3,(H,24,27)/t21-/m1/s1. The summed E-state index contributed by atoms with van der Waals surface area (Å²) < 4.78 is 5.69. The predicted octanol–water partition coefficient (Wildman–Crippen LogP) is 3.36. The Kier molecular flexibility index (Phi) is 8.53. The molecule has 0 fully saturated rings. The van der Waals surface area contributed by atoms with Crippen molar-refractivity contribution in [3.05, 3.63) is 65.7 Å². The van der Waals surface area contributed by atoms with Crippen LogP contribution < -0.4 is 10.1 Å². The second-order valence-corrected chi connectivity index (χ2v) is 6.75. The molecule has 0 radical (unpaired) electrons. The normalized spacial score (nSPS) is 11.5. The van der Waals surface area contributed by atoms with Gasteiger partial charge in [0.15, 0.2) is 6.61 Å². The van der Waals surface area contributed by atoms with E-state index in [0.29, 0.717) is 31.7 Å². The Hall–Kier alpha value is -2.82. The van der Waals surface area contributed by atoms with Crippen LogP contribution >= 0.6 is 0 Å². The van der Waals surface area contributed by atoms with Crippen molar-refractivity contribution in [1.29, 1.82) is 0 Å². The summed E-state index contributed by atoms with van der Waals surface area (Å²) in [6.45, 7) is 6.69. The van der Waals surface area contributed by atoms with Gasteiger partial charge in [-0.15, -0.1) is 0 Å². The quantitative estimate of drug-likeness (QED) is 0.685. The predicted molar refractivity (Wildman–Crippen MR) is 111 cm³/mol. The van der Waals surface area contributed by atoms with Gasteiger partial charge in [-0.3, -0.25) is 9.59 Å². The molecule has 0 aliphatic heterocycles. The van der Waals surface area contributed by atoms with Crippen molar-refractivity contribution in [2.45, 2.75) is 39.7 Å². The van der Waals surface area contributed by atoms with E-state index in [0.717, 1.165) is 11.1 Å². The topological polar surface area (TPSA) is 58.6 Å². The molecule has 5 nitrogen and oxygen atoms in total. The van der Waals surface area contributed by atoms with Gasteiger partial charge in [0.05, 0.1) is 0 Å². The van der Waals surface area contributed by atoms with Crippen LogP contribution in [0.1, 0.15) is 31.4 Å². The first kappa shape index (κ1) is 21.5. The number of nitrogens with zero attached hydrogens (tertiary/aromatic N) is 1. The Bertz CT molecular complexity index is 761. The molecule has 0 aliphatic rings. The average molecular weight is 383 g/mol. The van der Waals surface area contributed by atoms with Gasteiger partial charge in [-0.2, -0.15) is 0 Å². The number of ether oxygens (including phenoxy) is 1. The molecule has 2 aromatic rings. The lowest BCUT2D eigenvalue weighted by atomic mass is 10.1. The molecule has 150 valence electrons. The fourth-order valence-electron chi connectivity index (χ4n) is 3.12. The summed E-state index contributed by atoms with van der Waals surface area (Å²) in [5.41, 5.74) is 2.20. The van der Waals surface area contributed by atoms with Crippen LogP contribution in [0.5, 0.6) is 5.75 Å². The van der Waals surface area contributed by atoms with Crippen molar-refractivity contribution in [3.63, 3.8) is 0 Å². The SMILES string of the molecule is CCNC(=O)[C@@H](CC)N(CCc1ccccc1)C(=O)COc1cccc(C)c1. The maximum Gasteiger partial charge on any atom is 0.261 e. The van der Waals surface area contributed by atoms with Crippen molar-refractivity contribution < 1.29 is 14.3 Å². The van der Waals surface area contributed by atoms with Gasteiger partial charge in [-0.25, -0.2) is 0 Å². The van der Waals surface area contributed by atoms with Crippen LogP contribution in [0.4, 0.5) is 0 Å². The van der Waals surface area contributed by atoms with Crippen LogP contribution in [0.3, 0.4) is 0 Å². The lowest BCUT2D eigenvalue weighted by Crippen LogP contribution is -2.51. The molecule has 0 bridgehead atoms. The molecule has 0 aliphatic carbocycles. The van der Waals surface area contributed by atoms with Gasteiger partial charge in [0.1, 0.15) is 11.8 Å². The second kappa shape index (κ2) is 11.1. The van der Waals surface area contributed by atoms with Crippen LogP contribution in [0.25, 0.3) is 0 Å². The van der Waals surface area contributed by atoms with E-state index < -0.39 is 6.04 Å². The maximum atomic E-state index is 13.0. The van der Waals surface area contributed by atoms with Crippen molar-refractivity contribution in [2.75, 3.05) is 19.7 Å². The Balaban J connectivity index is 2.10. The zero-order chi connectivity index (χ0) is 20.4. The van der Waals surface area contributed by atoms with Crippen LogP contribution in [-0.4, -0.2) is 42.5 Å². The third kappa shape index (κ3) is 6.41. The molecule has 0 saturated carbocycles. The number of hydrogen-bond donors (Lipinski definition) is 1. The third-order valence-electron chi connectivity index (χ3n) is 4.57. The summed E-state index contributed by atoms with van der Waals surface area (Å²) >= 11 is 0. The number of likely N-dealkylation sites (N-methyl/N-ethyl adjacent to an activating group) is 1. The molecule has 0 heterocycles. The highest BCUT2D eigenvalue weighted by Crippen LogP contribution is 2.14. The Morgan fingerprint density at radius 3 is 2.46 bits per heavy atom. The van der Waals surface area contributed by atoms with Crippen molar-refractivity contribution >= 4 is 11.8 Å². The number of aryl methyl sites for hydroxylation is 1. The van der Waals surface area contributed by atoms with E-state index in [4.69, 9.17) is 4.74 Å². The number of rotatable bonds is 10. The van der Waals surface area contributed by atoms with Gasteiger partial charge >= 0.3 is 0 Å². The Morgan fingerprint density at radius 1 is 1.07 bits per heavy atom. The molecule has 2 rings (SSSR count). The first-order valence-electron chi connectivity index (χ1n) is 9.85. The smallest absolute Gasteiger partial charge is 0.261 e. The lowest BCUT2D eigenvalue weighted by molar-refractivity contribution is -0.142. The Labute approximate surface area is 167 Å². The fourth-order valence-corrected chi connectivity index (χ4v) is 3.12. The molecular formula is C23H30N2O3. The first-order valence-corrected chi connectivity index (χ1v) is 9.85. The molecular weight excluding hydrogens is 352 g/mol. The number of hydrogen-bond acceptors (Lipinski definition) is 3. The average Bonchev–Trinajstić information content (AvgIpc) is 2.70. The maximum absolute atomic E-state index is 13.0. The third-order valence-corrected chi connectivity index (χ3v) is 4.57. The molecule has 1 atom stereocenters. The van der Waals surface area contributed by atoms with E-state index >= 15 is 0 Å². The zero-order valence-electron chi connectivity index (χ0n) is 17.0. The van der Waals surface area contributed by atoms with Gasteiger partial charge in [-0.1, -0.05) is 49.4 Å². The summed E-state index contributed by atoms with van der Waals surface area (Å²) in [6.07, 6.45) is 1.24. The van der Waals surface area contributed by atoms with Gasteiger partial charge in [0, 0.05) is 13.1 Å². The van der Waals surface area contributed by atoms with Gasteiger partial charge < -0.3 is 15.0 Å². The largest absolute Gasteiger partial charge is 0.484 e. The Morgan fingerprint density at radius 2 is 1.82 bits per heavy atom. The minimum absolute atomic E-state index is 0.0891. The van der Waals surface area contributed by atoms with Crippen LogP contribution in [0, 0.1) is 6.92 Å². The summed E-state index contributed by atoms with van der Waals surface area (Å²) in [5.74, 6) is 0.347. The lowest BCUT2D eigenvalue weighted by Gasteiger charge is -2.30. The van der Waals surface area contributed by atoms with Crippen molar-refractivity contribution in [1.82, 2.24) is 10.2 Å². The highest BCUT2D eigenvalue weighted by molar-refractivity contribution is 5.88. The fraction of sp³-hybridized carbons (Fsp3) is 0.391. The van der Waals surface area contributed by atoms with Crippen LogP contribution in [0.2, 0.25) is 0 Å². The van der Waals surface area contributed by atoms with Gasteiger partial charge in [-0.05, 0) is 49.9 Å². The molecule has 1 N–H and O–H groups in total. The van der Waals surface area contributed by atoms with E-state index in [1.165, 1.54) is 0 Å². The van der Waals surface area contributed by atoms with Gasteiger partial charge in [0.25, 0.3) is 5.91 Å². The van der Waals surface area contributed by atoms with E-state index in [-0.39, 0.29) is 18.4 Å². The molecule has 0 aromatic heterocycles. The minimum Gasteiger partial charge on any atom is -0.484 e. The van der Waals surface area contributed by atoms with E-state index in [2.05, 4.69) is 5.32 Å². The molecule has 2 amide bonds. The molecule has 0 unspecified atom stereocenters. The highest BCUT2D eigenvalue weighted by atomic mass is 16.5. The summed E-state index contributed by atoms with van der Waals surface area (Å²) in [5, 5.41) is 2.84. The number of benzene rings is 2. The van der Waals surface area contributed by atoms with E-state index in [9.17, 15) is 9.59 Å². The van der Waals surface area contributed by atoms with Crippen molar-refractivity contribution in [3.8, 4) is 5.75 Å². The second-order valence-electron chi connectivity index (χ2n) is 6.75.